The van der Waals surface area contributed by atoms with Crippen LogP contribution in [0.15, 0.2) is 18.2 Å². The van der Waals surface area contributed by atoms with Crippen LogP contribution in [0.2, 0.25) is 5.02 Å². The van der Waals surface area contributed by atoms with Crippen molar-refractivity contribution >= 4 is 35.2 Å². The van der Waals surface area contributed by atoms with E-state index in [2.05, 4.69) is 5.32 Å². The summed E-state index contributed by atoms with van der Waals surface area (Å²) in [6, 6.07) is 1.75. The highest BCUT2D eigenvalue weighted by molar-refractivity contribution is 6.31. The van der Waals surface area contributed by atoms with E-state index in [0.717, 1.165) is 56.7 Å². The van der Waals surface area contributed by atoms with Gasteiger partial charge in [-0.1, -0.05) is 11.6 Å². The molecule has 40 heavy (non-hydrogen) atoms. The number of benzene rings is 1. The number of piperazine rings is 1. The number of anilines is 1. The number of β-amino-alcohol motifs (C(OH)–C–C–N with tert-alkyl or cyclic N) is 1. The van der Waals surface area contributed by atoms with Crippen LogP contribution in [-0.4, -0.2) is 81.7 Å². The summed E-state index contributed by atoms with van der Waals surface area (Å²) in [4.78, 5) is 47.8. The van der Waals surface area contributed by atoms with Crippen LogP contribution in [0, 0.1) is 5.41 Å². The van der Waals surface area contributed by atoms with Gasteiger partial charge in [0.05, 0.1) is 23.2 Å². The van der Waals surface area contributed by atoms with Crippen molar-refractivity contribution in [3.05, 3.63) is 28.8 Å². The van der Waals surface area contributed by atoms with Crippen LogP contribution in [0.25, 0.3) is 0 Å². The third-order valence-corrected chi connectivity index (χ3v) is 9.25. The SMILES string of the molecule is C[C@H]1C(=O)N2[C@@H](CCC(=O)N3CCC4(CC4)[C@H](O)C3)CCC[C@H]2CN1OC(=O)Nc1ccc(C(F)(F)F)c(Cl)c1. The number of hydrogen-bond donors (Lipinski definition) is 2. The summed E-state index contributed by atoms with van der Waals surface area (Å²) in [6.45, 7) is 2.94. The van der Waals surface area contributed by atoms with Gasteiger partial charge in [0.2, 0.25) is 11.8 Å². The molecular weight excluding hydrogens is 553 g/mol. The van der Waals surface area contributed by atoms with E-state index in [1.165, 1.54) is 5.06 Å². The zero-order valence-corrected chi connectivity index (χ0v) is 23.0. The van der Waals surface area contributed by atoms with Gasteiger partial charge in [-0.15, -0.1) is 5.06 Å². The van der Waals surface area contributed by atoms with Gasteiger partial charge < -0.3 is 19.7 Å². The van der Waals surface area contributed by atoms with Crippen molar-refractivity contribution in [2.75, 3.05) is 25.0 Å². The maximum Gasteiger partial charge on any atom is 0.430 e. The van der Waals surface area contributed by atoms with Gasteiger partial charge in [-0.25, -0.2) is 4.79 Å². The number of nitrogens with one attached hydrogen (secondary N) is 1. The maximum atomic E-state index is 13.4. The predicted octanol–water partition coefficient (Wildman–Crippen LogP) is 4.43. The first kappa shape index (κ1) is 28.9. The first-order chi connectivity index (χ1) is 18.9. The minimum absolute atomic E-state index is 0.000758. The molecule has 1 aromatic carbocycles. The number of rotatable bonds is 5. The lowest BCUT2D eigenvalue weighted by molar-refractivity contribution is -0.191. The highest BCUT2D eigenvalue weighted by atomic mass is 35.5. The number of hydrogen-bond acceptors (Lipinski definition) is 6. The largest absolute Gasteiger partial charge is 0.430 e. The quantitative estimate of drug-likeness (QED) is 0.529. The van der Waals surface area contributed by atoms with E-state index in [9.17, 15) is 32.7 Å². The lowest BCUT2D eigenvalue weighted by Gasteiger charge is -2.49. The number of carbonyl (C=O) groups is 3. The van der Waals surface area contributed by atoms with E-state index in [4.69, 9.17) is 16.4 Å². The monoisotopic (exact) mass is 586 g/mol. The third kappa shape index (κ3) is 5.89. The summed E-state index contributed by atoms with van der Waals surface area (Å²) in [5, 5.41) is 13.5. The van der Waals surface area contributed by atoms with Gasteiger partial charge in [-0.05, 0) is 75.5 Å². The van der Waals surface area contributed by atoms with Gasteiger partial charge in [0.1, 0.15) is 6.04 Å². The maximum absolute atomic E-state index is 13.4. The number of carbonyl (C=O) groups excluding carboxylic acids is 3. The highest BCUT2D eigenvalue weighted by Crippen LogP contribution is 2.53. The second-order valence-electron chi connectivity index (χ2n) is 11.5. The van der Waals surface area contributed by atoms with Crippen LogP contribution in [-0.2, 0) is 20.6 Å². The molecule has 3 heterocycles. The summed E-state index contributed by atoms with van der Waals surface area (Å²) in [5.41, 5.74) is -0.965. The molecule has 1 spiro atoms. The Morgan fingerprint density at radius 1 is 1.20 bits per heavy atom. The van der Waals surface area contributed by atoms with E-state index in [-0.39, 0.29) is 41.5 Å². The van der Waals surface area contributed by atoms with Crippen LogP contribution in [0.5, 0.6) is 0 Å². The summed E-state index contributed by atoms with van der Waals surface area (Å²) >= 11 is 5.72. The Labute approximate surface area is 235 Å². The van der Waals surface area contributed by atoms with Crippen LogP contribution >= 0.6 is 11.6 Å². The first-order valence-electron chi connectivity index (χ1n) is 13.8. The van der Waals surface area contributed by atoms with Gasteiger partial charge in [-0.2, -0.15) is 13.2 Å². The number of likely N-dealkylation sites (tertiary alicyclic amines) is 1. The molecule has 0 bridgehead atoms. The second-order valence-corrected chi connectivity index (χ2v) is 11.9. The Hall–Kier alpha value is -2.57. The van der Waals surface area contributed by atoms with Gasteiger partial charge in [0.25, 0.3) is 0 Å². The van der Waals surface area contributed by atoms with E-state index >= 15 is 0 Å². The van der Waals surface area contributed by atoms with Crippen LogP contribution in [0.4, 0.5) is 23.7 Å². The van der Waals surface area contributed by atoms with Crippen molar-refractivity contribution in [3.63, 3.8) is 0 Å². The van der Waals surface area contributed by atoms with Gasteiger partial charge >= 0.3 is 12.3 Å². The number of fused-ring (bicyclic) bond motifs is 1. The molecule has 1 aromatic rings. The Bertz CT molecular complexity index is 1160. The molecule has 13 heteroatoms. The first-order valence-corrected chi connectivity index (χ1v) is 14.2. The standard InChI is InChI=1S/C27H34ClF3N4O5/c1-16-24(38)35-18(6-8-23(37)33-12-11-26(9-10-26)22(36)15-33)3-2-4-19(35)14-34(16)40-25(39)32-17-5-7-20(21(28)13-17)27(29,30)31/h5,7,13,16,18-19,22,36H,2-4,6,8-12,14-15H2,1H3,(H,32,39)/t16-,18+,19-,22+/m0/s1. The van der Waals surface area contributed by atoms with Gasteiger partial charge in [-0.3, -0.25) is 14.9 Å². The molecule has 1 aliphatic carbocycles. The predicted molar refractivity (Wildman–Crippen MR) is 139 cm³/mol. The minimum atomic E-state index is -4.62. The molecule has 3 saturated heterocycles. The molecule has 9 nitrogen and oxygen atoms in total. The zero-order chi connectivity index (χ0) is 28.8. The topological polar surface area (TPSA) is 102 Å². The van der Waals surface area contributed by atoms with Crippen molar-refractivity contribution in [2.24, 2.45) is 5.41 Å². The van der Waals surface area contributed by atoms with Crippen molar-refractivity contribution < 1.29 is 37.5 Å². The summed E-state index contributed by atoms with van der Waals surface area (Å²) < 4.78 is 38.8. The number of halogens is 4. The highest BCUT2D eigenvalue weighted by Gasteiger charge is 2.52. The number of hydroxylamine groups is 2. The van der Waals surface area contributed by atoms with E-state index in [1.54, 1.807) is 11.8 Å². The number of alkyl halides is 3. The third-order valence-electron chi connectivity index (χ3n) is 8.93. The zero-order valence-electron chi connectivity index (χ0n) is 22.3. The lowest BCUT2D eigenvalue weighted by Crippen LogP contribution is -2.65. The van der Waals surface area contributed by atoms with Gasteiger partial charge in [0.15, 0.2) is 0 Å². The fourth-order valence-electron chi connectivity index (χ4n) is 6.32. The Morgan fingerprint density at radius 2 is 1.95 bits per heavy atom. The second kappa shape index (κ2) is 11.0. The summed E-state index contributed by atoms with van der Waals surface area (Å²) in [5.74, 6) is -0.206. The molecule has 220 valence electrons. The summed E-state index contributed by atoms with van der Waals surface area (Å²) in [7, 11) is 0. The molecule has 0 unspecified atom stereocenters. The fraction of sp³-hybridized carbons (Fsp3) is 0.667. The molecule has 3 aliphatic heterocycles. The number of piperidine rings is 2. The van der Waals surface area contributed by atoms with Crippen molar-refractivity contribution in [3.8, 4) is 0 Å². The average molecular weight is 587 g/mol. The van der Waals surface area contributed by atoms with Crippen LogP contribution < -0.4 is 5.32 Å². The molecule has 5 rings (SSSR count). The number of aliphatic hydroxyl groups is 1. The van der Waals surface area contributed by atoms with Crippen molar-refractivity contribution in [1.29, 1.82) is 0 Å². The summed E-state index contributed by atoms with van der Waals surface area (Å²) in [6.07, 6.45) is 0.0536. The number of amides is 3. The molecule has 0 aromatic heterocycles. The minimum Gasteiger partial charge on any atom is -0.391 e. The molecule has 4 atom stereocenters. The van der Waals surface area contributed by atoms with E-state index in [1.807, 2.05) is 4.90 Å². The van der Waals surface area contributed by atoms with Gasteiger partial charge in [0, 0.05) is 37.3 Å². The fourth-order valence-corrected chi connectivity index (χ4v) is 6.60. The van der Waals surface area contributed by atoms with Crippen LogP contribution in [0.1, 0.15) is 63.9 Å². The Morgan fingerprint density at radius 3 is 2.60 bits per heavy atom. The smallest absolute Gasteiger partial charge is 0.391 e. The molecule has 0 radical (unpaired) electrons. The molecule has 2 N–H and O–H groups in total. The molecule has 4 aliphatic rings. The van der Waals surface area contributed by atoms with E-state index in [0.29, 0.717) is 25.9 Å². The molecule has 4 fully saturated rings. The van der Waals surface area contributed by atoms with Crippen molar-refractivity contribution in [2.45, 2.75) is 88.7 Å². The van der Waals surface area contributed by atoms with Crippen molar-refractivity contribution in [1.82, 2.24) is 14.9 Å². The normalized spacial score (nSPS) is 28.3. The molecule has 3 amide bonds. The van der Waals surface area contributed by atoms with E-state index < -0.39 is 35.0 Å². The molecular formula is C27H34ClF3N4O5. The average Bonchev–Trinajstić information content (AvgIpc) is 3.67. The molecule has 1 saturated carbocycles. The lowest BCUT2D eigenvalue weighted by atomic mass is 9.88. The number of aliphatic hydroxyl groups excluding tert-OH is 1. The Kier molecular flexibility index (Phi) is 7.97. The Balaban J connectivity index is 1.15. The number of nitrogens with zero attached hydrogens (tertiary/aromatic N) is 3. The van der Waals surface area contributed by atoms with Crippen LogP contribution in [0.3, 0.4) is 0 Å².